The molecule has 1 aliphatic heterocycles. The molecule has 0 spiro atoms. The summed E-state index contributed by atoms with van der Waals surface area (Å²) in [7, 11) is 0. The van der Waals surface area contributed by atoms with Crippen LogP contribution in [0.4, 0.5) is 0 Å². The molecule has 0 aromatic carbocycles. The predicted octanol–water partition coefficient (Wildman–Crippen LogP) is 8.24. The topological polar surface area (TPSA) is 94.5 Å². The molecule has 2 aliphatic rings. The smallest absolute Gasteiger partial charge is 0.219 e. The van der Waals surface area contributed by atoms with Crippen LogP contribution in [-0.4, -0.2) is 40.7 Å². The van der Waals surface area contributed by atoms with E-state index in [0.29, 0.717) is 25.4 Å². The lowest BCUT2D eigenvalue weighted by Crippen LogP contribution is -2.29. The number of aliphatic imine (C=N–C) groups is 1. The van der Waals surface area contributed by atoms with Gasteiger partial charge >= 0.3 is 0 Å². The third-order valence-electron chi connectivity index (χ3n) is 8.72. The second-order valence-electron chi connectivity index (χ2n) is 12.5. The average Bonchev–Trinajstić information content (AvgIpc) is 3.38. The summed E-state index contributed by atoms with van der Waals surface area (Å²) < 4.78 is 1.92. The number of amides is 1. The maximum Gasteiger partial charge on any atom is 0.219 e. The van der Waals surface area contributed by atoms with Crippen molar-refractivity contribution in [2.75, 3.05) is 13.2 Å². The third-order valence-corrected chi connectivity index (χ3v) is 8.72. The van der Waals surface area contributed by atoms with Crippen molar-refractivity contribution < 1.29 is 9.63 Å². The number of hydrogen-bond donors (Lipinski definition) is 2. The molecular formula is C36H61N5O2. The first-order valence-electron chi connectivity index (χ1n) is 17.9. The van der Waals surface area contributed by atoms with Crippen LogP contribution in [0.3, 0.4) is 0 Å². The van der Waals surface area contributed by atoms with Crippen molar-refractivity contribution in [1.29, 1.82) is 0 Å². The highest BCUT2D eigenvalue weighted by atomic mass is 16.7. The highest BCUT2D eigenvalue weighted by molar-refractivity contribution is 6.03. The normalized spacial score (nSPS) is 15.5. The Kier molecular flexibility index (Phi) is 17.2. The summed E-state index contributed by atoms with van der Waals surface area (Å²) in [5, 5.41) is 3.10. The number of hydrogen-bond acceptors (Lipinski definition) is 5. The van der Waals surface area contributed by atoms with Crippen LogP contribution in [0.1, 0.15) is 166 Å². The Morgan fingerprint density at radius 1 is 0.884 bits per heavy atom. The molecule has 1 atom stereocenters. The van der Waals surface area contributed by atoms with Gasteiger partial charge < -0.3 is 15.9 Å². The number of amidine groups is 1. The van der Waals surface area contributed by atoms with Gasteiger partial charge in [-0.1, -0.05) is 128 Å². The van der Waals surface area contributed by atoms with Gasteiger partial charge in [-0.3, -0.25) is 9.79 Å². The first kappa shape index (κ1) is 34.9. The largest absolute Gasteiger partial charge is 0.412 e. The van der Waals surface area contributed by atoms with Crippen LogP contribution in [0.25, 0.3) is 5.57 Å². The summed E-state index contributed by atoms with van der Waals surface area (Å²) in [4.78, 5) is 28.1. The Hall–Kier alpha value is -2.57. The summed E-state index contributed by atoms with van der Waals surface area (Å²) in [5.74, 6) is 1.60. The molecule has 1 aromatic heterocycles. The minimum Gasteiger partial charge on any atom is -0.412 e. The second kappa shape index (κ2) is 21.2. The zero-order valence-electron chi connectivity index (χ0n) is 27.5. The van der Waals surface area contributed by atoms with Crippen molar-refractivity contribution >= 4 is 17.3 Å². The molecule has 0 fully saturated rings. The second-order valence-corrected chi connectivity index (χ2v) is 12.5. The van der Waals surface area contributed by atoms with Crippen molar-refractivity contribution in [3.8, 4) is 0 Å². The Bertz CT molecular complexity index is 1030. The average molecular weight is 596 g/mol. The lowest BCUT2D eigenvalue weighted by molar-refractivity contribution is -0.121. The number of rotatable bonds is 25. The van der Waals surface area contributed by atoms with E-state index in [0.717, 1.165) is 74.2 Å². The van der Waals surface area contributed by atoms with E-state index in [1.54, 1.807) is 0 Å². The number of nitrogens with zero attached hydrogens (tertiary/aromatic N) is 3. The number of allylic oxidation sites excluding steroid dienone is 2. The Morgan fingerprint density at radius 3 is 2.16 bits per heavy atom. The zero-order chi connectivity index (χ0) is 30.5. The van der Waals surface area contributed by atoms with Crippen molar-refractivity contribution in [3.63, 3.8) is 0 Å². The van der Waals surface area contributed by atoms with Crippen LogP contribution in [0.2, 0.25) is 0 Å². The highest BCUT2D eigenvalue weighted by Gasteiger charge is 2.32. The maximum atomic E-state index is 12.3. The van der Waals surface area contributed by atoms with Crippen molar-refractivity contribution in [3.05, 3.63) is 35.4 Å². The SMILES string of the molecule is CCCCCCCCCCCCCCCCCC(=O)NCCCCOn1c(CCCC)nc2c1C1=CC=CCC1N=C2N. The highest BCUT2D eigenvalue weighted by Crippen LogP contribution is 2.33. The van der Waals surface area contributed by atoms with Gasteiger partial charge in [-0.25, -0.2) is 4.98 Å². The molecule has 0 bridgehead atoms. The first-order chi connectivity index (χ1) is 21.2. The van der Waals surface area contributed by atoms with Gasteiger partial charge in [0.1, 0.15) is 29.7 Å². The van der Waals surface area contributed by atoms with Crippen LogP contribution >= 0.6 is 0 Å². The number of aromatic nitrogens is 2. The van der Waals surface area contributed by atoms with Crippen LogP contribution in [0, 0.1) is 0 Å². The predicted molar refractivity (Wildman–Crippen MR) is 180 cm³/mol. The van der Waals surface area contributed by atoms with E-state index in [9.17, 15) is 4.79 Å². The summed E-state index contributed by atoms with van der Waals surface area (Å²) in [6.07, 6.45) is 32.7. The summed E-state index contributed by atoms with van der Waals surface area (Å²) >= 11 is 0. The number of aryl methyl sites for hydroxylation is 1. The van der Waals surface area contributed by atoms with Gasteiger partial charge in [0.05, 0.1) is 6.04 Å². The lowest BCUT2D eigenvalue weighted by atomic mass is 9.93. The minimum atomic E-state index is 0.0373. The van der Waals surface area contributed by atoms with Gasteiger partial charge in [0.2, 0.25) is 5.91 Å². The molecular weight excluding hydrogens is 534 g/mol. The molecule has 1 amide bonds. The molecule has 7 nitrogen and oxygen atoms in total. The van der Waals surface area contributed by atoms with Gasteiger partial charge in [0, 0.05) is 25.0 Å². The number of carbonyl (C=O) groups excluding carboxylic acids is 1. The first-order valence-corrected chi connectivity index (χ1v) is 17.9. The van der Waals surface area contributed by atoms with Gasteiger partial charge in [-0.15, -0.1) is 0 Å². The zero-order valence-corrected chi connectivity index (χ0v) is 27.5. The molecule has 242 valence electrons. The van der Waals surface area contributed by atoms with Crippen molar-refractivity contribution in [1.82, 2.24) is 15.0 Å². The number of nitrogens with one attached hydrogen (secondary N) is 1. The fourth-order valence-corrected chi connectivity index (χ4v) is 6.08. The van der Waals surface area contributed by atoms with Crippen LogP contribution in [-0.2, 0) is 11.2 Å². The quantitative estimate of drug-likeness (QED) is 0.111. The van der Waals surface area contributed by atoms with Gasteiger partial charge in [-0.2, -0.15) is 4.73 Å². The standard InChI is InChI=1S/C36H61N5O2/c1-3-5-7-8-9-10-11-12-13-14-15-16-17-18-19-27-33(42)38-28-22-23-29-43-41-32(26-6-4-2)40-34-35(41)30-24-20-21-25-31(30)39-36(34)37/h20-21,24,31H,3-19,22-23,25-29H2,1-2H3,(H2,37,39)(H,38,42). The van der Waals surface area contributed by atoms with E-state index < -0.39 is 0 Å². The van der Waals surface area contributed by atoms with Gasteiger partial charge in [0.25, 0.3) is 0 Å². The monoisotopic (exact) mass is 595 g/mol. The molecule has 1 unspecified atom stereocenters. The fourth-order valence-electron chi connectivity index (χ4n) is 6.08. The Morgan fingerprint density at radius 2 is 1.51 bits per heavy atom. The third kappa shape index (κ3) is 12.5. The lowest BCUT2D eigenvalue weighted by Gasteiger charge is -2.24. The molecule has 3 rings (SSSR count). The van der Waals surface area contributed by atoms with E-state index in [-0.39, 0.29) is 11.9 Å². The van der Waals surface area contributed by atoms with Crippen LogP contribution in [0.5, 0.6) is 0 Å². The van der Waals surface area contributed by atoms with Gasteiger partial charge in [-0.05, 0) is 32.1 Å². The number of carbonyl (C=O) groups is 1. The minimum absolute atomic E-state index is 0.0373. The van der Waals surface area contributed by atoms with E-state index in [4.69, 9.17) is 15.6 Å². The molecule has 0 radical (unpaired) electrons. The molecule has 1 aliphatic carbocycles. The number of imidazole rings is 1. The molecule has 0 saturated heterocycles. The molecule has 7 heteroatoms. The molecule has 3 N–H and O–H groups in total. The molecule has 43 heavy (non-hydrogen) atoms. The van der Waals surface area contributed by atoms with Crippen molar-refractivity contribution in [2.45, 2.75) is 161 Å². The summed E-state index contributed by atoms with van der Waals surface area (Å²) in [5.41, 5.74) is 9.16. The number of unbranched alkanes of at least 4 members (excludes halogenated alkanes) is 16. The molecule has 0 saturated carbocycles. The molecule has 1 aromatic rings. The number of nitrogens with two attached hydrogens (primary N) is 1. The van der Waals surface area contributed by atoms with E-state index in [2.05, 4.69) is 42.4 Å². The van der Waals surface area contributed by atoms with E-state index in [1.807, 2.05) is 4.73 Å². The fraction of sp³-hybridized carbons (Fsp3) is 0.750. The summed E-state index contributed by atoms with van der Waals surface area (Å²) in [6, 6.07) is 0.0373. The van der Waals surface area contributed by atoms with Gasteiger partial charge in [0.15, 0.2) is 0 Å². The Balaban J connectivity index is 1.21. The summed E-state index contributed by atoms with van der Waals surface area (Å²) in [6.45, 7) is 5.73. The van der Waals surface area contributed by atoms with Crippen LogP contribution < -0.4 is 15.9 Å². The molecule has 2 heterocycles. The van der Waals surface area contributed by atoms with E-state index >= 15 is 0 Å². The Labute approximate surface area is 262 Å². The van der Waals surface area contributed by atoms with E-state index in [1.165, 1.54) is 83.5 Å². The number of fused-ring (bicyclic) bond motifs is 3. The van der Waals surface area contributed by atoms with Crippen LogP contribution in [0.15, 0.2) is 23.2 Å². The van der Waals surface area contributed by atoms with Crippen molar-refractivity contribution in [2.24, 2.45) is 10.7 Å². The maximum absolute atomic E-state index is 12.3.